The van der Waals surface area contributed by atoms with E-state index in [-0.39, 0.29) is 50.6 Å². The molecule has 10 N–H and O–H groups in total. The zero-order valence-electron chi connectivity index (χ0n) is 34.0. The van der Waals surface area contributed by atoms with Gasteiger partial charge in [-0.2, -0.15) is 10.2 Å². The first-order chi connectivity index (χ1) is 28.9. The Balaban J connectivity index is 1.34. The first-order valence-corrected chi connectivity index (χ1v) is 19.7. The number of ether oxygens (including phenoxy) is 2. The van der Waals surface area contributed by atoms with Gasteiger partial charge in [0.15, 0.2) is 12.6 Å². The average molecular weight is 829 g/mol. The van der Waals surface area contributed by atoms with E-state index in [9.17, 15) is 29.4 Å². The fourth-order valence-corrected chi connectivity index (χ4v) is 7.07. The molecule has 0 spiro atoms. The Morgan fingerprint density at radius 2 is 1.10 bits per heavy atom. The van der Waals surface area contributed by atoms with Crippen molar-refractivity contribution in [1.29, 1.82) is 0 Å². The molecule has 4 aromatic rings. The number of hydrogen-bond acceptors (Lipinski definition) is 14. The lowest BCUT2D eigenvalue weighted by Crippen LogP contribution is -2.50. The minimum Gasteiger partial charge on any atom is -0.491 e. The van der Waals surface area contributed by atoms with Crippen molar-refractivity contribution in [2.45, 2.75) is 66.2 Å². The molecule has 60 heavy (non-hydrogen) atoms. The zero-order valence-corrected chi connectivity index (χ0v) is 34.0. The lowest BCUT2D eigenvalue weighted by Gasteiger charge is -2.28. The largest absolute Gasteiger partial charge is 0.491 e. The van der Waals surface area contributed by atoms with Gasteiger partial charge >= 0.3 is 0 Å². The number of aliphatic hydroxyl groups excluding tert-OH is 2. The summed E-state index contributed by atoms with van der Waals surface area (Å²) in [4.78, 5) is 55.9. The van der Waals surface area contributed by atoms with Crippen LogP contribution in [-0.4, -0.2) is 105 Å². The number of aromatic nitrogens is 4. The number of primary amides is 2. The van der Waals surface area contributed by atoms with Crippen LogP contribution in [-0.2, 0) is 13.1 Å². The van der Waals surface area contributed by atoms with Gasteiger partial charge in [-0.25, -0.2) is 0 Å². The van der Waals surface area contributed by atoms with Crippen molar-refractivity contribution in [2.75, 3.05) is 60.0 Å². The summed E-state index contributed by atoms with van der Waals surface area (Å²) in [5.74, 6) is -1.50. The Morgan fingerprint density at radius 3 is 1.45 bits per heavy atom. The van der Waals surface area contributed by atoms with Crippen LogP contribution in [0.25, 0.3) is 0 Å². The number of aryl methyl sites for hydroxylation is 4. The number of nitrogens with two attached hydrogens (primary N) is 2. The summed E-state index contributed by atoms with van der Waals surface area (Å²) in [5, 5.41) is 40.4. The number of aliphatic hydroxyl groups is 2. The molecular weight excluding hydrogens is 777 g/mol. The number of benzene rings is 2. The number of carbonyl (C=O) groups is 4. The molecule has 0 saturated carbocycles. The van der Waals surface area contributed by atoms with Crippen LogP contribution in [0, 0.1) is 13.8 Å². The number of nitrogens with zero attached hydrogens (tertiary/aromatic N) is 6. The first-order valence-electron chi connectivity index (χ1n) is 19.7. The first kappa shape index (κ1) is 42.8. The van der Waals surface area contributed by atoms with Crippen LogP contribution in [0.2, 0.25) is 0 Å². The van der Waals surface area contributed by atoms with Gasteiger partial charge in [0.1, 0.15) is 34.3 Å². The number of hydrogen-bond donors (Lipinski definition) is 8. The minimum atomic E-state index is -0.826. The Morgan fingerprint density at radius 1 is 0.700 bits per heavy atom. The lowest BCUT2D eigenvalue weighted by atomic mass is 10.1. The molecule has 2 unspecified atom stereocenters. The van der Waals surface area contributed by atoms with E-state index in [4.69, 9.17) is 20.9 Å². The van der Waals surface area contributed by atoms with Crippen molar-refractivity contribution in [3.8, 4) is 11.5 Å². The molecule has 0 bridgehead atoms. The quantitative estimate of drug-likeness (QED) is 0.0465. The maximum absolute atomic E-state index is 13.7. The second-order valence-electron chi connectivity index (χ2n) is 14.1. The van der Waals surface area contributed by atoms with Gasteiger partial charge in [-0.3, -0.25) is 28.5 Å². The Labute approximate surface area is 346 Å². The van der Waals surface area contributed by atoms with Gasteiger partial charge in [-0.1, -0.05) is 12.2 Å². The minimum absolute atomic E-state index is 0.110. The highest BCUT2D eigenvalue weighted by molar-refractivity contribution is 6.00. The highest BCUT2D eigenvalue weighted by atomic mass is 16.5. The van der Waals surface area contributed by atoms with E-state index in [1.54, 1.807) is 47.5 Å². The summed E-state index contributed by atoms with van der Waals surface area (Å²) in [7, 11) is 0. The Bertz CT molecular complexity index is 2110. The number of rotatable bonds is 20. The lowest BCUT2D eigenvalue weighted by molar-refractivity contribution is 0.0922. The molecule has 2 aliphatic heterocycles. The number of anilines is 4. The van der Waals surface area contributed by atoms with Crippen molar-refractivity contribution < 1.29 is 38.9 Å². The molecule has 4 heterocycles. The molecule has 2 aromatic heterocycles. The second-order valence-corrected chi connectivity index (χ2v) is 14.1. The predicted octanol–water partition coefficient (Wildman–Crippen LogP) is 1.60. The summed E-state index contributed by atoms with van der Waals surface area (Å²) in [5.41, 5.74) is 15.9. The van der Waals surface area contributed by atoms with Crippen LogP contribution in [0.1, 0.15) is 79.8 Å². The smallest absolute Gasteiger partial charge is 0.272 e. The fraction of sp³-hybridized carbons (Fsp3) is 0.400. The van der Waals surface area contributed by atoms with Crippen LogP contribution < -0.4 is 52.0 Å². The SMILES string of the molecule is CCn1nc(C)cc1C(=O)NC1Nc2cc(C(N)=O)cc(OCCCO)c2N1C/C=C/CN1c2c(cc(C(N)=O)cc2OCCCO)NC1NC(=O)c1cc(C)nn1CC. The van der Waals surface area contributed by atoms with Gasteiger partial charge in [-0.15, -0.1) is 0 Å². The van der Waals surface area contributed by atoms with E-state index < -0.39 is 36.2 Å². The number of carbonyl (C=O) groups excluding carboxylic acids is 4. The van der Waals surface area contributed by atoms with Crippen molar-refractivity contribution in [3.05, 3.63) is 82.5 Å². The van der Waals surface area contributed by atoms with Crippen LogP contribution in [0.3, 0.4) is 0 Å². The molecule has 2 aliphatic rings. The van der Waals surface area contributed by atoms with E-state index in [1.807, 2.05) is 35.8 Å². The third kappa shape index (κ3) is 9.24. The van der Waals surface area contributed by atoms with Crippen LogP contribution in [0.5, 0.6) is 11.5 Å². The second kappa shape index (κ2) is 18.9. The van der Waals surface area contributed by atoms with Crippen molar-refractivity contribution >= 4 is 46.4 Å². The Kier molecular flexibility index (Phi) is 13.4. The highest BCUT2D eigenvalue weighted by Crippen LogP contribution is 2.44. The molecule has 20 heteroatoms. The third-order valence-electron chi connectivity index (χ3n) is 9.80. The Hall–Kier alpha value is -6.80. The van der Waals surface area contributed by atoms with Gasteiger partial charge in [-0.05, 0) is 64.1 Å². The molecule has 0 saturated heterocycles. The standard InChI is InChI=1S/C40H52N12O8/c1-5-51-29(17-23(3)47-51)37(57)45-39-43-27-19-25(35(41)55)21-31(59-15-9-13-53)33(27)49(39)11-7-8-12-50-34-28(20-26(36(42)56)22-32(34)60-16-10-14-54)44-40(50)46-38(58)30-18-24(4)48-52(30)6-2/h7-8,17-22,39-40,43-44,53-54H,5-6,9-16H2,1-4H3,(H2,41,55)(H2,42,56)(H,45,57)(H,46,58)/b8-7+. The zero-order chi connectivity index (χ0) is 43.1. The summed E-state index contributed by atoms with van der Waals surface area (Å²) >= 11 is 0. The average Bonchev–Trinajstić information content (AvgIpc) is 3.98. The van der Waals surface area contributed by atoms with Gasteiger partial charge in [0.05, 0.1) is 36.0 Å². The maximum Gasteiger partial charge on any atom is 0.272 e. The molecule has 320 valence electrons. The fourth-order valence-electron chi connectivity index (χ4n) is 7.07. The molecular formula is C40H52N12O8. The number of fused-ring (bicyclic) bond motifs is 2. The van der Waals surface area contributed by atoms with E-state index >= 15 is 0 Å². The van der Waals surface area contributed by atoms with Gasteiger partial charge in [0.25, 0.3) is 11.8 Å². The molecule has 2 atom stereocenters. The molecule has 20 nitrogen and oxygen atoms in total. The van der Waals surface area contributed by atoms with E-state index in [1.165, 1.54) is 12.1 Å². The van der Waals surface area contributed by atoms with E-state index in [2.05, 4.69) is 31.5 Å². The van der Waals surface area contributed by atoms with E-state index in [0.29, 0.717) is 83.0 Å². The number of nitrogens with one attached hydrogen (secondary N) is 4. The van der Waals surface area contributed by atoms with Crippen molar-refractivity contribution in [1.82, 2.24) is 30.2 Å². The summed E-state index contributed by atoms with van der Waals surface area (Å²) in [6.45, 7) is 8.80. The maximum atomic E-state index is 13.7. The molecule has 4 amide bonds. The molecule has 0 radical (unpaired) electrons. The van der Waals surface area contributed by atoms with Crippen LogP contribution >= 0.6 is 0 Å². The summed E-state index contributed by atoms with van der Waals surface area (Å²) < 4.78 is 15.4. The third-order valence-corrected chi connectivity index (χ3v) is 9.80. The van der Waals surface area contributed by atoms with Crippen LogP contribution in [0.15, 0.2) is 48.6 Å². The summed E-state index contributed by atoms with van der Waals surface area (Å²) in [6, 6.07) is 9.63. The summed E-state index contributed by atoms with van der Waals surface area (Å²) in [6.07, 6.45) is 2.75. The predicted molar refractivity (Wildman–Crippen MR) is 223 cm³/mol. The van der Waals surface area contributed by atoms with E-state index in [0.717, 1.165) is 0 Å². The normalized spacial score (nSPS) is 15.4. The molecule has 6 rings (SSSR count). The highest BCUT2D eigenvalue weighted by Gasteiger charge is 2.36. The molecule has 2 aromatic carbocycles. The van der Waals surface area contributed by atoms with Crippen LogP contribution in [0.4, 0.5) is 22.7 Å². The molecule has 0 fully saturated rings. The monoisotopic (exact) mass is 828 g/mol. The van der Waals surface area contributed by atoms with Gasteiger partial charge in [0.2, 0.25) is 11.8 Å². The number of amides is 4. The van der Waals surface area contributed by atoms with Gasteiger partial charge < -0.3 is 62.2 Å². The van der Waals surface area contributed by atoms with Crippen molar-refractivity contribution in [3.63, 3.8) is 0 Å². The molecule has 0 aliphatic carbocycles. The topological polar surface area (TPSA) is 269 Å². The van der Waals surface area contributed by atoms with Gasteiger partial charge in [0, 0.05) is 63.4 Å². The van der Waals surface area contributed by atoms with Crippen molar-refractivity contribution in [2.24, 2.45) is 11.5 Å².